The van der Waals surface area contributed by atoms with Crippen LogP contribution in [0.1, 0.15) is 24.2 Å². The van der Waals surface area contributed by atoms with Crippen LogP contribution in [0.3, 0.4) is 0 Å². The Balaban J connectivity index is 1.74. The largest absolute Gasteiger partial charge is 0.490 e. The minimum Gasteiger partial charge on any atom is -0.490 e. The summed E-state index contributed by atoms with van der Waals surface area (Å²) in [6.45, 7) is 4.89. The SMILES string of the molecule is CCOc1ccc(NC(=O)c2ccc(-n3ccnc3)cc2)cc1OCC. The molecule has 0 bridgehead atoms. The molecular weight excluding hydrogens is 330 g/mol. The first-order valence-corrected chi connectivity index (χ1v) is 8.50. The molecular formula is C20H21N3O3. The van der Waals surface area contributed by atoms with Crippen molar-refractivity contribution in [3.63, 3.8) is 0 Å². The zero-order valence-corrected chi connectivity index (χ0v) is 14.8. The third-order valence-electron chi connectivity index (χ3n) is 3.73. The molecule has 0 aliphatic heterocycles. The average molecular weight is 351 g/mol. The summed E-state index contributed by atoms with van der Waals surface area (Å²) in [6.07, 6.45) is 5.27. The number of amides is 1. The van der Waals surface area contributed by atoms with E-state index in [-0.39, 0.29) is 5.91 Å². The number of imidazole rings is 1. The van der Waals surface area contributed by atoms with Crippen molar-refractivity contribution >= 4 is 11.6 Å². The highest BCUT2D eigenvalue weighted by atomic mass is 16.5. The van der Waals surface area contributed by atoms with Crippen LogP contribution >= 0.6 is 0 Å². The minimum absolute atomic E-state index is 0.186. The van der Waals surface area contributed by atoms with Gasteiger partial charge in [-0.1, -0.05) is 0 Å². The first kappa shape index (κ1) is 17.5. The number of hydrogen-bond acceptors (Lipinski definition) is 4. The average Bonchev–Trinajstić information content (AvgIpc) is 3.19. The van der Waals surface area contributed by atoms with Crippen molar-refractivity contribution in [1.82, 2.24) is 9.55 Å². The Kier molecular flexibility index (Phi) is 5.53. The maximum absolute atomic E-state index is 12.5. The number of benzene rings is 2. The molecule has 1 heterocycles. The molecule has 2 aromatic carbocycles. The monoisotopic (exact) mass is 351 g/mol. The second-order valence-electron chi connectivity index (χ2n) is 5.50. The maximum Gasteiger partial charge on any atom is 0.255 e. The molecule has 0 unspecified atom stereocenters. The highest BCUT2D eigenvalue weighted by molar-refractivity contribution is 6.04. The smallest absolute Gasteiger partial charge is 0.255 e. The number of hydrogen-bond donors (Lipinski definition) is 1. The Morgan fingerprint density at radius 2 is 1.77 bits per heavy atom. The molecule has 1 amide bonds. The summed E-state index contributed by atoms with van der Waals surface area (Å²) in [4.78, 5) is 16.5. The van der Waals surface area contributed by atoms with Gasteiger partial charge in [-0.3, -0.25) is 4.79 Å². The number of nitrogens with zero attached hydrogens (tertiary/aromatic N) is 2. The molecule has 0 saturated heterocycles. The first-order valence-electron chi connectivity index (χ1n) is 8.50. The van der Waals surface area contributed by atoms with Crippen LogP contribution in [0.4, 0.5) is 5.69 Å². The van der Waals surface area contributed by atoms with E-state index in [4.69, 9.17) is 9.47 Å². The fourth-order valence-electron chi connectivity index (χ4n) is 2.53. The first-order chi connectivity index (χ1) is 12.7. The van der Waals surface area contributed by atoms with E-state index in [1.165, 1.54) is 0 Å². The van der Waals surface area contributed by atoms with Crippen molar-refractivity contribution in [2.45, 2.75) is 13.8 Å². The molecule has 6 heteroatoms. The Labute approximate surface area is 152 Å². The summed E-state index contributed by atoms with van der Waals surface area (Å²) in [5, 5.41) is 2.89. The number of carbonyl (C=O) groups excluding carboxylic acids is 1. The summed E-state index contributed by atoms with van der Waals surface area (Å²) < 4.78 is 13.0. The summed E-state index contributed by atoms with van der Waals surface area (Å²) in [7, 11) is 0. The molecule has 6 nitrogen and oxygen atoms in total. The molecule has 3 rings (SSSR count). The molecule has 26 heavy (non-hydrogen) atoms. The van der Waals surface area contributed by atoms with Crippen LogP contribution in [0.15, 0.2) is 61.2 Å². The van der Waals surface area contributed by atoms with Gasteiger partial charge in [0.05, 0.1) is 19.5 Å². The van der Waals surface area contributed by atoms with Gasteiger partial charge in [-0.25, -0.2) is 4.98 Å². The van der Waals surface area contributed by atoms with E-state index in [9.17, 15) is 4.79 Å². The summed E-state index contributed by atoms with van der Waals surface area (Å²) >= 11 is 0. The fraction of sp³-hybridized carbons (Fsp3) is 0.200. The van der Waals surface area contributed by atoms with Crippen molar-refractivity contribution in [2.75, 3.05) is 18.5 Å². The Morgan fingerprint density at radius 3 is 2.42 bits per heavy atom. The van der Waals surface area contributed by atoms with Gasteiger partial charge >= 0.3 is 0 Å². The topological polar surface area (TPSA) is 65.4 Å². The number of anilines is 1. The van der Waals surface area contributed by atoms with Crippen molar-refractivity contribution < 1.29 is 14.3 Å². The second kappa shape index (κ2) is 8.20. The summed E-state index contributed by atoms with van der Waals surface area (Å²) in [6, 6.07) is 12.7. The van der Waals surface area contributed by atoms with Gasteiger partial charge in [0.15, 0.2) is 11.5 Å². The van der Waals surface area contributed by atoms with Gasteiger partial charge in [-0.15, -0.1) is 0 Å². The van der Waals surface area contributed by atoms with Crippen LogP contribution in [0, 0.1) is 0 Å². The molecule has 0 saturated carbocycles. The van der Waals surface area contributed by atoms with Crippen LogP contribution in [0.5, 0.6) is 11.5 Å². The van der Waals surface area contributed by atoms with Gasteiger partial charge in [-0.2, -0.15) is 0 Å². The van der Waals surface area contributed by atoms with Gasteiger partial charge in [0.2, 0.25) is 0 Å². The summed E-state index contributed by atoms with van der Waals surface area (Å²) in [5.74, 6) is 1.09. The van der Waals surface area contributed by atoms with Crippen LogP contribution in [0.2, 0.25) is 0 Å². The Morgan fingerprint density at radius 1 is 1.04 bits per heavy atom. The van der Waals surface area contributed by atoms with Crippen LogP contribution in [-0.4, -0.2) is 28.7 Å². The number of nitrogens with one attached hydrogen (secondary N) is 1. The zero-order valence-electron chi connectivity index (χ0n) is 14.8. The van der Waals surface area contributed by atoms with Crippen molar-refractivity contribution in [1.29, 1.82) is 0 Å². The number of aromatic nitrogens is 2. The van der Waals surface area contributed by atoms with Crippen LogP contribution in [-0.2, 0) is 0 Å². The molecule has 0 radical (unpaired) electrons. The second-order valence-corrected chi connectivity index (χ2v) is 5.50. The van der Waals surface area contributed by atoms with Gasteiger partial charge in [0.25, 0.3) is 5.91 Å². The van der Waals surface area contributed by atoms with E-state index in [1.807, 2.05) is 36.7 Å². The third-order valence-corrected chi connectivity index (χ3v) is 3.73. The molecule has 134 valence electrons. The lowest BCUT2D eigenvalue weighted by Gasteiger charge is -2.13. The van der Waals surface area contributed by atoms with Crippen molar-refractivity contribution in [2.24, 2.45) is 0 Å². The summed E-state index contributed by atoms with van der Waals surface area (Å²) in [5.41, 5.74) is 2.17. The van der Waals surface area contributed by atoms with E-state index in [1.54, 1.807) is 42.9 Å². The van der Waals surface area contributed by atoms with Crippen LogP contribution in [0.25, 0.3) is 5.69 Å². The number of carbonyl (C=O) groups is 1. The van der Waals surface area contributed by atoms with Crippen LogP contribution < -0.4 is 14.8 Å². The minimum atomic E-state index is -0.186. The quantitative estimate of drug-likeness (QED) is 0.701. The lowest BCUT2D eigenvalue weighted by molar-refractivity contribution is 0.102. The lowest BCUT2D eigenvalue weighted by atomic mass is 10.2. The molecule has 0 atom stereocenters. The zero-order chi connectivity index (χ0) is 18.4. The van der Waals surface area contributed by atoms with Gasteiger partial charge in [-0.05, 0) is 50.2 Å². The third kappa shape index (κ3) is 4.03. The van der Waals surface area contributed by atoms with E-state index in [0.29, 0.717) is 36.0 Å². The molecule has 1 N–H and O–H groups in total. The lowest BCUT2D eigenvalue weighted by Crippen LogP contribution is -2.12. The van der Waals surface area contributed by atoms with E-state index in [0.717, 1.165) is 5.69 Å². The highest BCUT2D eigenvalue weighted by Crippen LogP contribution is 2.30. The van der Waals surface area contributed by atoms with E-state index >= 15 is 0 Å². The predicted molar refractivity (Wildman–Crippen MR) is 100 cm³/mol. The number of rotatable bonds is 7. The number of ether oxygens (including phenoxy) is 2. The predicted octanol–water partition coefficient (Wildman–Crippen LogP) is 3.92. The molecule has 3 aromatic rings. The standard InChI is InChI=1S/C20H21N3O3/c1-3-25-18-10-7-16(13-19(18)26-4-2)22-20(24)15-5-8-17(9-6-15)23-12-11-21-14-23/h5-14H,3-4H2,1-2H3,(H,22,24). The normalized spacial score (nSPS) is 10.4. The van der Waals surface area contributed by atoms with Gasteiger partial charge in [0.1, 0.15) is 0 Å². The van der Waals surface area contributed by atoms with Gasteiger partial charge in [0, 0.05) is 35.4 Å². The van der Waals surface area contributed by atoms with Crippen molar-refractivity contribution in [3.05, 3.63) is 66.7 Å². The molecule has 0 spiro atoms. The maximum atomic E-state index is 12.5. The van der Waals surface area contributed by atoms with E-state index < -0.39 is 0 Å². The van der Waals surface area contributed by atoms with Crippen molar-refractivity contribution in [3.8, 4) is 17.2 Å². The van der Waals surface area contributed by atoms with E-state index in [2.05, 4.69) is 10.3 Å². The van der Waals surface area contributed by atoms with Gasteiger partial charge < -0.3 is 19.4 Å². The fourth-order valence-corrected chi connectivity index (χ4v) is 2.53. The Hall–Kier alpha value is -3.28. The highest BCUT2D eigenvalue weighted by Gasteiger charge is 2.10. The molecule has 0 aliphatic rings. The Bertz CT molecular complexity index is 859. The molecule has 0 fully saturated rings. The molecule has 1 aromatic heterocycles. The molecule has 0 aliphatic carbocycles.